The molecule has 84 valence electrons. The summed E-state index contributed by atoms with van der Waals surface area (Å²) < 4.78 is 58.8. The van der Waals surface area contributed by atoms with Gasteiger partial charge < -0.3 is 0 Å². The van der Waals surface area contributed by atoms with E-state index in [9.17, 15) is 21.6 Å². The lowest BCUT2D eigenvalue weighted by atomic mass is 10.1. The van der Waals surface area contributed by atoms with Crippen molar-refractivity contribution in [3.63, 3.8) is 0 Å². The van der Waals surface area contributed by atoms with Gasteiger partial charge in [0.25, 0.3) is 9.05 Å². The topological polar surface area (TPSA) is 34.1 Å². The van der Waals surface area contributed by atoms with Gasteiger partial charge in [0.2, 0.25) is 0 Å². The van der Waals surface area contributed by atoms with E-state index in [0.29, 0.717) is 6.07 Å². The van der Waals surface area contributed by atoms with E-state index in [4.69, 9.17) is 10.7 Å². The maximum Gasteiger partial charge on any atom is 0.416 e. The SMILES string of the molecule is Cc1ccc(S(=O)(=O)Cl)cc1C(F)(F)F. The molecular formula is C8H6ClF3O2S. The Morgan fingerprint density at radius 1 is 1.27 bits per heavy atom. The Morgan fingerprint density at radius 2 is 1.80 bits per heavy atom. The Kier molecular flexibility index (Phi) is 3.02. The fourth-order valence-electron chi connectivity index (χ4n) is 1.06. The van der Waals surface area contributed by atoms with E-state index in [1.54, 1.807) is 0 Å². The second-order valence-corrected chi connectivity index (χ2v) is 5.48. The number of hydrogen-bond donors (Lipinski definition) is 0. The van der Waals surface area contributed by atoms with Crippen molar-refractivity contribution < 1.29 is 21.6 Å². The van der Waals surface area contributed by atoms with E-state index >= 15 is 0 Å². The fraction of sp³-hybridized carbons (Fsp3) is 0.250. The summed E-state index contributed by atoms with van der Waals surface area (Å²) in [5, 5.41) is 0. The minimum atomic E-state index is -4.58. The Morgan fingerprint density at radius 3 is 2.20 bits per heavy atom. The number of hydrogen-bond acceptors (Lipinski definition) is 2. The van der Waals surface area contributed by atoms with Crippen LogP contribution in [0.3, 0.4) is 0 Å². The van der Waals surface area contributed by atoms with Gasteiger partial charge in [-0.15, -0.1) is 0 Å². The molecule has 1 aromatic carbocycles. The third-order valence-electron chi connectivity index (χ3n) is 1.80. The summed E-state index contributed by atoms with van der Waals surface area (Å²) >= 11 is 0. The van der Waals surface area contributed by atoms with Crippen LogP contribution in [0.15, 0.2) is 23.1 Å². The minimum Gasteiger partial charge on any atom is -0.207 e. The molecule has 0 aliphatic carbocycles. The Hall–Kier alpha value is -0.750. The molecule has 0 amide bonds. The summed E-state index contributed by atoms with van der Waals surface area (Å²) in [7, 11) is 0.808. The Balaban J connectivity index is 3.43. The number of halogens is 4. The van der Waals surface area contributed by atoms with Gasteiger partial charge in [0.05, 0.1) is 10.5 Å². The summed E-state index contributed by atoms with van der Waals surface area (Å²) in [6, 6.07) is 2.63. The zero-order valence-corrected chi connectivity index (χ0v) is 9.04. The molecule has 0 aliphatic rings. The van der Waals surface area contributed by atoms with Gasteiger partial charge in [-0.05, 0) is 24.6 Å². The average Bonchev–Trinajstić information content (AvgIpc) is 2.00. The van der Waals surface area contributed by atoms with Crippen molar-refractivity contribution in [1.82, 2.24) is 0 Å². The first-order chi connectivity index (χ1) is 6.62. The molecule has 0 aliphatic heterocycles. The lowest BCUT2D eigenvalue weighted by molar-refractivity contribution is -0.138. The van der Waals surface area contributed by atoms with E-state index in [1.165, 1.54) is 6.92 Å². The van der Waals surface area contributed by atoms with Gasteiger partial charge in [-0.2, -0.15) is 13.2 Å². The van der Waals surface area contributed by atoms with Gasteiger partial charge in [-0.1, -0.05) is 6.07 Å². The summed E-state index contributed by atoms with van der Waals surface area (Å²) in [6.07, 6.45) is -4.58. The molecule has 7 heteroatoms. The van der Waals surface area contributed by atoms with Crippen LogP contribution in [0.4, 0.5) is 13.2 Å². The first-order valence-electron chi connectivity index (χ1n) is 3.75. The number of benzene rings is 1. The quantitative estimate of drug-likeness (QED) is 0.726. The van der Waals surface area contributed by atoms with Gasteiger partial charge >= 0.3 is 6.18 Å². The normalized spacial score (nSPS) is 12.9. The third kappa shape index (κ3) is 2.85. The molecular weight excluding hydrogens is 253 g/mol. The predicted molar refractivity (Wildman–Crippen MR) is 49.2 cm³/mol. The average molecular weight is 259 g/mol. The zero-order chi connectivity index (χ0) is 11.9. The molecule has 0 saturated carbocycles. The van der Waals surface area contributed by atoms with E-state index in [-0.39, 0.29) is 5.56 Å². The van der Waals surface area contributed by atoms with Gasteiger partial charge in [-0.25, -0.2) is 8.42 Å². The molecule has 0 atom stereocenters. The lowest BCUT2D eigenvalue weighted by Gasteiger charge is -2.10. The smallest absolute Gasteiger partial charge is 0.207 e. The van der Waals surface area contributed by atoms with Crippen LogP contribution in [-0.2, 0) is 15.2 Å². The molecule has 0 N–H and O–H groups in total. The third-order valence-corrected chi connectivity index (χ3v) is 3.15. The van der Waals surface area contributed by atoms with Gasteiger partial charge in [-0.3, -0.25) is 0 Å². The van der Waals surface area contributed by atoms with Crippen LogP contribution in [0, 0.1) is 6.92 Å². The largest absolute Gasteiger partial charge is 0.416 e. The molecule has 0 bridgehead atoms. The van der Waals surface area contributed by atoms with Crippen LogP contribution in [0.25, 0.3) is 0 Å². The standard InChI is InChI=1S/C8H6ClF3O2S/c1-5-2-3-6(15(9,13)14)4-7(5)8(10,11)12/h2-4H,1H3. The monoisotopic (exact) mass is 258 g/mol. The van der Waals surface area contributed by atoms with Crippen molar-refractivity contribution >= 4 is 19.7 Å². The second-order valence-electron chi connectivity index (χ2n) is 2.91. The van der Waals surface area contributed by atoms with Crippen molar-refractivity contribution in [2.24, 2.45) is 0 Å². The van der Waals surface area contributed by atoms with E-state index in [1.807, 2.05) is 0 Å². The summed E-state index contributed by atoms with van der Waals surface area (Å²) in [4.78, 5) is -0.554. The summed E-state index contributed by atoms with van der Waals surface area (Å²) in [6.45, 7) is 1.24. The molecule has 0 spiro atoms. The molecule has 0 aromatic heterocycles. The molecule has 0 unspecified atom stereocenters. The minimum absolute atomic E-state index is 0.0495. The summed E-state index contributed by atoms with van der Waals surface area (Å²) in [5.74, 6) is 0. The van der Waals surface area contributed by atoms with Crippen LogP contribution in [-0.4, -0.2) is 8.42 Å². The molecule has 0 fully saturated rings. The van der Waals surface area contributed by atoms with Crippen LogP contribution in [0.5, 0.6) is 0 Å². The maximum absolute atomic E-state index is 12.4. The Bertz CT molecular complexity index is 479. The molecule has 0 heterocycles. The van der Waals surface area contributed by atoms with Gasteiger partial charge in [0, 0.05) is 10.7 Å². The zero-order valence-electron chi connectivity index (χ0n) is 7.47. The molecule has 2 nitrogen and oxygen atoms in total. The molecule has 1 aromatic rings. The lowest BCUT2D eigenvalue weighted by Crippen LogP contribution is -2.08. The van der Waals surface area contributed by atoms with Gasteiger partial charge in [0.15, 0.2) is 0 Å². The van der Waals surface area contributed by atoms with Gasteiger partial charge in [0.1, 0.15) is 0 Å². The highest BCUT2D eigenvalue weighted by atomic mass is 35.7. The highest BCUT2D eigenvalue weighted by Gasteiger charge is 2.33. The summed E-state index contributed by atoms with van der Waals surface area (Å²) in [5.41, 5.74) is -1.05. The predicted octanol–water partition coefficient (Wildman–Crippen LogP) is 2.94. The highest BCUT2D eigenvalue weighted by molar-refractivity contribution is 8.13. The maximum atomic E-state index is 12.4. The van der Waals surface area contributed by atoms with Crippen molar-refractivity contribution in [2.45, 2.75) is 18.0 Å². The first-order valence-corrected chi connectivity index (χ1v) is 6.06. The van der Waals surface area contributed by atoms with Crippen LogP contribution in [0.1, 0.15) is 11.1 Å². The second kappa shape index (κ2) is 3.68. The van der Waals surface area contributed by atoms with Crippen molar-refractivity contribution in [3.05, 3.63) is 29.3 Å². The van der Waals surface area contributed by atoms with Crippen molar-refractivity contribution in [3.8, 4) is 0 Å². The van der Waals surface area contributed by atoms with E-state index in [2.05, 4.69) is 0 Å². The first kappa shape index (κ1) is 12.3. The van der Waals surface area contributed by atoms with E-state index < -0.39 is 25.7 Å². The number of alkyl halides is 3. The fourth-order valence-corrected chi connectivity index (χ4v) is 1.84. The molecule has 1 rings (SSSR count). The highest BCUT2D eigenvalue weighted by Crippen LogP contribution is 2.33. The number of rotatable bonds is 1. The molecule has 0 saturated heterocycles. The van der Waals surface area contributed by atoms with Crippen LogP contribution >= 0.6 is 10.7 Å². The Labute approximate surface area is 89.1 Å². The molecule has 15 heavy (non-hydrogen) atoms. The molecule has 0 radical (unpaired) electrons. The number of aryl methyl sites for hydroxylation is 1. The van der Waals surface area contributed by atoms with Crippen molar-refractivity contribution in [2.75, 3.05) is 0 Å². The van der Waals surface area contributed by atoms with Crippen LogP contribution < -0.4 is 0 Å². The van der Waals surface area contributed by atoms with Crippen molar-refractivity contribution in [1.29, 1.82) is 0 Å². The van der Waals surface area contributed by atoms with Crippen LogP contribution in [0.2, 0.25) is 0 Å². The van der Waals surface area contributed by atoms with E-state index in [0.717, 1.165) is 12.1 Å².